The second-order valence-corrected chi connectivity index (χ2v) is 8.71. The van der Waals surface area contributed by atoms with Crippen LogP contribution in [0.3, 0.4) is 0 Å². The van der Waals surface area contributed by atoms with Crippen LogP contribution in [0.15, 0.2) is 54.7 Å². The molecule has 2 N–H and O–H groups in total. The van der Waals surface area contributed by atoms with E-state index in [1.165, 1.54) is 0 Å². The number of nitrogens with one attached hydrogen (secondary N) is 2. The van der Waals surface area contributed by atoms with Gasteiger partial charge in [0, 0.05) is 34.1 Å². The summed E-state index contributed by atoms with van der Waals surface area (Å²) >= 11 is 6.24. The summed E-state index contributed by atoms with van der Waals surface area (Å²) in [6.45, 7) is 6.06. The molecule has 0 atom stereocenters. The zero-order valence-corrected chi connectivity index (χ0v) is 18.0. The van der Waals surface area contributed by atoms with Crippen LogP contribution in [0.2, 0.25) is 5.02 Å². The largest absolute Gasteiger partial charge is 0.444 e. The monoisotopic (exact) mass is 421 g/mol. The molecule has 2 heterocycles. The van der Waals surface area contributed by atoms with E-state index in [0.717, 1.165) is 38.6 Å². The lowest BCUT2D eigenvalue weighted by atomic mass is 9.99. The van der Waals surface area contributed by atoms with Gasteiger partial charge in [0.2, 0.25) is 0 Å². The summed E-state index contributed by atoms with van der Waals surface area (Å²) in [5, 5.41) is 5.61. The molecule has 0 aliphatic heterocycles. The van der Waals surface area contributed by atoms with Gasteiger partial charge in [0.15, 0.2) is 0 Å². The number of fused-ring (bicyclic) bond motifs is 3. The van der Waals surface area contributed by atoms with Crippen molar-refractivity contribution in [3.05, 3.63) is 65.3 Å². The first kappa shape index (κ1) is 20.2. The summed E-state index contributed by atoms with van der Waals surface area (Å²) in [4.78, 5) is 19.7. The number of carbonyl (C=O) groups excluding carboxylic acids is 1. The average molecular weight is 422 g/mol. The first-order chi connectivity index (χ1) is 14.3. The molecule has 154 valence electrons. The van der Waals surface area contributed by atoms with Gasteiger partial charge in [0.25, 0.3) is 0 Å². The van der Waals surface area contributed by atoms with Gasteiger partial charge in [0.05, 0.1) is 0 Å². The van der Waals surface area contributed by atoms with E-state index in [4.69, 9.17) is 16.3 Å². The molecule has 0 saturated heterocycles. The van der Waals surface area contributed by atoms with Crippen molar-refractivity contribution in [2.45, 2.75) is 32.8 Å². The molecule has 6 heteroatoms. The van der Waals surface area contributed by atoms with E-state index in [2.05, 4.69) is 33.5 Å². The van der Waals surface area contributed by atoms with E-state index >= 15 is 0 Å². The van der Waals surface area contributed by atoms with Crippen LogP contribution in [-0.2, 0) is 11.2 Å². The smallest absolute Gasteiger partial charge is 0.407 e. The standard InChI is InChI=1S/C24H24ClN3O2/c1-24(2,3)30-23(29)27-11-9-15-5-4-6-16(13-15)18-10-12-26-22-21(18)19-14-17(25)7-8-20(19)28-22/h4-8,10,12-14H,9,11H2,1-3H3,(H,26,28)(H,27,29). The molecule has 4 aromatic rings. The van der Waals surface area contributed by atoms with E-state index < -0.39 is 11.7 Å². The van der Waals surface area contributed by atoms with Crippen molar-refractivity contribution in [1.82, 2.24) is 15.3 Å². The third-order valence-electron chi connectivity index (χ3n) is 4.77. The first-order valence-corrected chi connectivity index (χ1v) is 10.3. The van der Waals surface area contributed by atoms with E-state index in [0.29, 0.717) is 18.0 Å². The van der Waals surface area contributed by atoms with Crippen molar-refractivity contribution < 1.29 is 9.53 Å². The fraction of sp³-hybridized carbons (Fsp3) is 0.250. The van der Waals surface area contributed by atoms with Gasteiger partial charge in [-0.05, 0) is 68.1 Å². The number of rotatable bonds is 4. The third-order valence-corrected chi connectivity index (χ3v) is 5.01. The van der Waals surface area contributed by atoms with Gasteiger partial charge in [-0.2, -0.15) is 0 Å². The molecule has 0 bridgehead atoms. The Hall–Kier alpha value is -3.05. The number of nitrogens with zero attached hydrogens (tertiary/aromatic N) is 1. The van der Waals surface area contributed by atoms with Crippen LogP contribution < -0.4 is 5.32 Å². The highest BCUT2D eigenvalue weighted by molar-refractivity contribution is 6.32. The van der Waals surface area contributed by atoms with Gasteiger partial charge in [-0.1, -0.05) is 35.9 Å². The highest BCUT2D eigenvalue weighted by Crippen LogP contribution is 2.34. The first-order valence-electron chi connectivity index (χ1n) is 9.92. The van der Waals surface area contributed by atoms with Crippen molar-refractivity contribution in [3.8, 4) is 11.1 Å². The molecular weight excluding hydrogens is 398 g/mol. The van der Waals surface area contributed by atoms with Gasteiger partial charge in [0.1, 0.15) is 11.2 Å². The second kappa shape index (κ2) is 8.00. The summed E-state index contributed by atoms with van der Waals surface area (Å²) in [5.41, 5.74) is 4.66. The van der Waals surface area contributed by atoms with Gasteiger partial charge in [-0.3, -0.25) is 0 Å². The number of alkyl carbamates (subject to hydrolysis) is 1. The fourth-order valence-corrected chi connectivity index (χ4v) is 3.72. The fourth-order valence-electron chi connectivity index (χ4n) is 3.55. The average Bonchev–Trinajstić information content (AvgIpc) is 3.05. The van der Waals surface area contributed by atoms with Gasteiger partial charge < -0.3 is 15.0 Å². The van der Waals surface area contributed by atoms with Crippen LogP contribution in [0, 0.1) is 0 Å². The van der Waals surface area contributed by atoms with Crippen LogP contribution >= 0.6 is 11.6 Å². The van der Waals surface area contributed by atoms with Crippen molar-refractivity contribution in [3.63, 3.8) is 0 Å². The van der Waals surface area contributed by atoms with Crippen molar-refractivity contribution in [2.75, 3.05) is 6.54 Å². The number of aromatic nitrogens is 2. The molecule has 0 fully saturated rings. The normalized spacial score (nSPS) is 11.7. The van der Waals surface area contributed by atoms with Crippen molar-refractivity contribution in [1.29, 1.82) is 0 Å². The van der Waals surface area contributed by atoms with E-state index in [1.54, 1.807) is 0 Å². The quantitative estimate of drug-likeness (QED) is 0.418. The van der Waals surface area contributed by atoms with Crippen LogP contribution in [0.5, 0.6) is 0 Å². The van der Waals surface area contributed by atoms with Gasteiger partial charge in [-0.15, -0.1) is 0 Å². The Balaban J connectivity index is 1.60. The number of pyridine rings is 1. The molecule has 5 nitrogen and oxygen atoms in total. The molecule has 4 rings (SSSR count). The van der Waals surface area contributed by atoms with Crippen LogP contribution in [0.4, 0.5) is 4.79 Å². The molecule has 0 radical (unpaired) electrons. The van der Waals surface area contributed by atoms with Gasteiger partial charge in [-0.25, -0.2) is 9.78 Å². The van der Waals surface area contributed by atoms with Crippen LogP contribution in [-0.4, -0.2) is 28.2 Å². The summed E-state index contributed by atoms with van der Waals surface area (Å²) in [6, 6.07) is 16.2. The summed E-state index contributed by atoms with van der Waals surface area (Å²) < 4.78 is 5.29. The van der Waals surface area contributed by atoms with E-state index in [-0.39, 0.29) is 0 Å². The molecule has 0 aliphatic carbocycles. The number of halogens is 1. The minimum atomic E-state index is -0.501. The number of amides is 1. The Labute approximate surface area is 180 Å². The van der Waals surface area contributed by atoms with Crippen molar-refractivity contribution >= 4 is 39.6 Å². The molecule has 1 amide bonds. The number of carbonyl (C=O) groups is 1. The Kier molecular flexibility index (Phi) is 5.39. The lowest BCUT2D eigenvalue weighted by Gasteiger charge is -2.19. The summed E-state index contributed by atoms with van der Waals surface area (Å²) in [6.07, 6.45) is 2.12. The Morgan fingerprint density at radius 2 is 2.00 bits per heavy atom. The lowest BCUT2D eigenvalue weighted by Crippen LogP contribution is -2.33. The second-order valence-electron chi connectivity index (χ2n) is 8.28. The summed E-state index contributed by atoms with van der Waals surface area (Å²) in [5.74, 6) is 0. The van der Waals surface area contributed by atoms with Crippen molar-refractivity contribution in [2.24, 2.45) is 0 Å². The summed E-state index contributed by atoms with van der Waals surface area (Å²) in [7, 11) is 0. The SMILES string of the molecule is CC(C)(C)OC(=O)NCCc1cccc(-c2ccnc3[nH]c4ccc(Cl)cc4c23)c1. The predicted molar refractivity (Wildman–Crippen MR) is 122 cm³/mol. The van der Waals surface area contributed by atoms with E-state index in [1.807, 2.05) is 57.3 Å². The van der Waals surface area contributed by atoms with E-state index in [9.17, 15) is 4.79 Å². The zero-order chi connectivity index (χ0) is 21.3. The molecule has 0 aliphatic rings. The molecule has 2 aromatic carbocycles. The maximum atomic E-state index is 11.9. The number of aromatic amines is 1. The Morgan fingerprint density at radius 1 is 1.17 bits per heavy atom. The van der Waals surface area contributed by atoms with Gasteiger partial charge >= 0.3 is 6.09 Å². The Bertz CT molecular complexity index is 1220. The number of ether oxygens (including phenoxy) is 1. The third kappa shape index (κ3) is 4.41. The maximum Gasteiger partial charge on any atom is 0.407 e. The Morgan fingerprint density at radius 3 is 2.80 bits per heavy atom. The highest BCUT2D eigenvalue weighted by Gasteiger charge is 2.16. The maximum absolute atomic E-state index is 11.9. The molecular formula is C24H24ClN3O2. The topological polar surface area (TPSA) is 67.0 Å². The number of benzene rings is 2. The molecule has 30 heavy (non-hydrogen) atoms. The number of hydrogen-bond acceptors (Lipinski definition) is 3. The highest BCUT2D eigenvalue weighted by atomic mass is 35.5. The lowest BCUT2D eigenvalue weighted by molar-refractivity contribution is 0.0528. The molecule has 2 aromatic heterocycles. The minimum Gasteiger partial charge on any atom is -0.444 e. The van der Waals surface area contributed by atoms with Crippen LogP contribution in [0.1, 0.15) is 26.3 Å². The predicted octanol–water partition coefficient (Wildman–Crippen LogP) is 6.10. The number of H-pyrrole nitrogens is 1. The molecule has 0 saturated carbocycles. The van der Waals surface area contributed by atoms with Crippen LogP contribution in [0.25, 0.3) is 33.1 Å². The minimum absolute atomic E-state index is 0.398. The molecule has 0 spiro atoms. The molecule has 0 unspecified atom stereocenters. The zero-order valence-electron chi connectivity index (χ0n) is 17.3. The number of hydrogen-bond donors (Lipinski definition) is 2.